The van der Waals surface area contributed by atoms with Crippen LogP contribution in [0.5, 0.6) is 5.75 Å². The third kappa shape index (κ3) is 5.78. The largest absolute Gasteiger partial charge is 0.497 e. The van der Waals surface area contributed by atoms with Crippen LogP contribution in [0.25, 0.3) is 0 Å². The van der Waals surface area contributed by atoms with Crippen molar-refractivity contribution in [1.29, 1.82) is 0 Å². The van der Waals surface area contributed by atoms with Crippen LogP contribution in [0.2, 0.25) is 0 Å². The maximum Gasteiger partial charge on any atom is 0.270 e. The number of benzene rings is 2. The van der Waals surface area contributed by atoms with Crippen LogP contribution in [0.15, 0.2) is 60.7 Å². The second-order valence-electron chi connectivity index (χ2n) is 6.89. The van der Waals surface area contributed by atoms with Gasteiger partial charge in [0.1, 0.15) is 11.4 Å². The molecule has 0 spiro atoms. The van der Waals surface area contributed by atoms with Gasteiger partial charge in [-0.05, 0) is 42.7 Å². The van der Waals surface area contributed by atoms with Crippen LogP contribution < -0.4 is 15.0 Å². The van der Waals surface area contributed by atoms with Crippen LogP contribution in [0.4, 0.5) is 5.95 Å². The number of nitrogens with one attached hydrogen (secondary N) is 1. The summed E-state index contributed by atoms with van der Waals surface area (Å²) in [6.07, 6.45) is 0.716. The molecule has 3 aromatic rings. The third-order valence-corrected chi connectivity index (χ3v) is 4.51. The van der Waals surface area contributed by atoms with Crippen molar-refractivity contribution in [2.45, 2.75) is 19.9 Å². The van der Waals surface area contributed by atoms with Gasteiger partial charge < -0.3 is 15.0 Å². The highest BCUT2D eigenvalue weighted by Gasteiger charge is 2.13. The molecule has 1 heterocycles. The van der Waals surface area contributed by atoms with E-state index in [-0.39, 0.29) is 5.91 Å². The van der Waals surface area contributed by atoms with Crippen LogP contribution in [0.1, 0.15) is 27.3 Å². The summed E-state index contributed by atoms with van der Waals surface area (Å²) >= 11 is 0. The van der Waals surface area contributed by atoms with Crippen LogP contribution in [-0.4, -0.2) is 36.6 Å². The van der Waals surface area contributed by atoms with Crippen molar-refractivity contribution in [3.8, 4) is 5.75 Å². The number of hydrogen-bond acceptors (Lipinski definition) is 5. The van der Waals surface area contributed by atoms with E-state index < -0.39 is 0 Å². The van der Waals surface area contributed by atoms with E-state index >= 15 is 0 Å². The Morgan fingerprint density at radius 2 is 1.79 bits per heavy atom. The van der Waals surface area contributed by atoms with Crippen molar-refractivity contribution in [3.63, 3.8) is 0 Å². The number of nitrogens with zero attached hydrogens (tertiary/aromatic N) is 3. The molecule has 0 atom stereocenters. The standard InChI is InChI=1S/C23H26N4O2/c1-17-14-21(22(28)24-13-12-18-10-7-11-20(15-18)29-3)26-23(25-17)27(2)16-19-8-5-4-6-9-19/h4-11,14-15H,12-13,16H2,1-3H3,(H,24,28). The first-order valence-electron chi connectivity index (χ1n) is 9.57. The molecule has 1 N–H and O–H groups in total. The number of ether oxygens (including phenoxy) is 1. The van der Waals surface area contributed by atoms with Crippen LogP contribution in [0.3, 0.4) is 0 Å². The molecule has 0 unspecified atom stereocenters. The molecular formula is C23H26N4O2. The van der Waals surface area contributed by atoms with Gasteiger partial charge in [-0.3, -0.25) is 4.79 Å². The molecule has 0 bridgehead atoms. The van der Waals surface area contributed by atoms with Gasteiger partial charge in [0.15, 0.2) is 0 Å². The van der Waals surface area contributed by atoms with Gasteiger partial charge in [0.25, 0.3) is 5.91 Å². The number of aryl methyl sites for hydroxylation is 1. The fourth-order valence-corrected chi connectivity index (χ4v) is 3.01. The van der Waals surface area contributed by atoms with E-state index in [0.717, 1.165) is 22.6 Å². The predicted molar refractivity (Wildman–Crippen MR) is 114 cm³/mol. The molecule has 3 rings (SSSR count). The molecule has 0 saturated carbocycles. The molecule has 0 radical (unpaired) electrons. The van der Waals surface area contributed by atoms with Crippen molar-refractivity contribution >= 4 is 11.9 Å². The molecule has 1 amide bonds. The molecule has 150 valence electrons. The quantitative estimate of drug-likeness (QED) is 0.638. The van der Waals surface area contributed by atoms with E-state index in [0.29, 0.717) is 31.2 Å². The highest BCUT2D eigenvalue weighted by atomic mass is 16.5. The van der Waals surface area contributed by atoms with Crippen LogP contribution >= 0.6 is 0 Å². The molecule has 0 aliphatic carbocycles. The van der Waals surface area contributed by atoms with Crippen molar-refractivity contribution < 1.29 is 9.53 Å². The maximum atomic E-state index is 12.6. The molecule has 0 aliphatic rings. The number of carbonyl (C=O) groups is 1. The predicted octanol–water partition coefficient (Wildman–Crippen LogP) is 3.40. The van der Waals surface area contributed by atoms with Gasteiger partial charge in [0.05, 0.1) is 7.11 Å². The van der Waals surface area contributed by atoms with Gasteiger partial charge in [-0.1, -0.05) is 42.5 Å². The molecule has 0 aliphatic heterocycles. The lowest BCUT2D eigenvalue weighted by Gasteiger charge is -2.18. The zero-order valence-corrected chi connectivity index (χ0v) is 17.1. The van der Waals surface area contributed by atoms with E-state index in [1.165, 1.54) is 0 Å². The van der Waals surface area contributed by atoms with Crippen LogP contribution in [-0.2, 0) is 13.0 Å². The number of amides is 1. The van der Waals surface area contributed by atoms with E-state index in [9.17, 15) is 4.79 Å². The lowest BCUT2D eigenvalue weighted by atomic mass is 10.1. The maximum absolute atomic E-state index is 12.6. The molecule has 6 heteroatoms. The average Bonchev–Trinajstić information content (AvgIpc) is 2.74. The highest BCUT2D eigenvalue weighted by Crippen LogP contribution is 2.14. The minimum Gasteiger partial charge on any atom is -0.497 e. The Morgan fingerprint density at radius 3 is 2.55 bits per heavy atom. The van der Waals surface area contributed by atoms with Gasteiger partial charge in [-0.25, -0.2) is 9.97 Å². The summed E-state index contributed by atoms with van der Waals surface area (Å²) in [5, 5.41) is 2.94. The second kappa shape index (κ2) is 9.68. The number of carbonyl (C=O) groups excluding carboxylic acids is 1. The summed E-state index contributed by atoms with van der Waals surface area (Å²) in [6, 6.07) is 19.6. The first-order valence-corrected chi connectivity index (χ1v) is 9.57. The lowest BCUT2D eigenvalue weighted by molar-refractivity contribution is 0.0949. The first kappa shape index (κ1) is 20.3. The summed E-state index contributed by atoms with van der Waals surface area (Å²) < 4.78 is 5.23. The smallest absolute Gasteiger partial charge is 0.270 e. The zero-order valence-electron chi connectivity index (χ0n) is 17.1. The van der Waals surface area contributed by atoms with Crippen molar-refractivity contribution in [1.82, 2.24) is 15.3 Å². The summed E-state index contributed by atoms with van der Waals surface area (Å²) in [5.74, 6) is 1.14. The number of aromatic nitrogens is 2. The molecule has 0 saturated heterocycles. The fourth-order valence-electron chi connectivity index (χ4n) is 3.01. The summed E-state index contributed by atoms with van der Waals surface area (Å²) in [6.45, 7) is 3.06. The van der Waals surface area contributed by atoms with Crippen molar-refractivity contribution in [2.24, 2.45) is 0 Å². The van der Waals surface area contributed by atoms with Gasteiger partial charge in [0.2, 0.25) is 5.95 Å². The Labute approximate surface area is 171 Å². The topological polar surface area (TPSA) is 67.3 Å². The molecule has 2 aromatic carbocycles. The molecule has 1 aromatic heterocycles. The fraction of sp³-hybridized carbons (Fsp3) is 0.261. The van der Waals surface area contributed by atoms with Gasteiger partial charge >= 0.3 is 0 Å². The number of methoxy groups -OCH3 is 1. The molecule has 29 heavy (non-hydrogen) atoms. The van der Waals surface area contributed by atoms with E-state index in [4.69, 9.17) is 4.74 Å². The SMILES string of the molecule is COc1cccc(CCNC(=O)c2cc(C)nc(N(C)Cc3ccccc3)n2)c1. The monoisotopic (exact) mass is 390 g/mol. The number of anilines is 1. The minimum atomic E-state index is -0.201. The van der Waals surface area contributed by atoms with E-state index in [1.54, 1.807) is 13.2 Å². The summed E-state index contributed by atoms with van der Waals surface area (Å²) in [4.78, 5) is 23.5. The van der Waals surface area contributed by atoms with Crippen molar-refractivity contribution in [3.05, 3.63) is 83.2 Å². The Balaban J connectivity index is 1.62. The average molecular weight is 390 g/mol. The van der Waals surface area contributed by atoms with Gasteiger partial charge in [-0.2, -0.15) is 0 Å². The minimum absolute atomic E-state index is 0.201. The number of rotatable bonds is 8. The Hall–Kier alpha value is -3.41. The Morgan fingerprint density at radius 1 is 1.03 bits per heavy atom. The normalized spacial score (nSPS) is 10.4. The third-order valence-electron chi connectivity index (χ3n) is 4.51. The van der Waals surface area contributed by atoms with Gasteiger partial charge in [-0.15, -0.1) is 0 Å². The molecule has 0 fully saturated rings. The Kier molecular flexibility index (Phi) is 6.79. The summed E-state index contributed by atoms with van der Waals surface area (Å²) in [5.41, 5.74) is 3.39. The van der Waals surface area contributed by atoms with Gasteiger partial charge in [0, 0.05) is 25.8 Å². The Bertz CT molecular complexity index is 960. The first-order chi connectivity index (χ1) is 14.0. The molecular weight excluding hydrogens is 364 g/mol. The van der Waals surface area contributed by atoms with Crippen LogP contribution in [0, 0.1) is 6.92 Å². The second-order valence-corrected chi connectivity index (χ2v) is 6.89. The van der Waals surface area contributed by atoms with E-state index in [1.807, 2.05) is 61.3 Å². The van der Waals surface area contributed by atoms with Crippen molar-refractivity contribution in [2.75, 3.05) is 25.6 Å². The molecule has 6 nitrogen and oxygen atoms in total. The zero-order chi connectivity index (χ0) is 20.6. The lowest BCUT2D eigenvalue weighted by Crippen LogP contribution is -2.28. The summed E-state index contributed by atoms with van der Waals surface area (Å²) in [7, 11) is 3.57. The highest BCUT2D eigenvalue weighted by molar-refractivity contribution is 5.92. The number of hydrogen-bond donors (Lipinski definition) is 1. The van der Waals surface area contributed by atoms with E-state index in [2.05, 4.69) is 27.4 Å².